The number of benzene rings is 1. The summed E-state index contributed by atoms with van der Waals surface area (Å²) in [6, 6.07) is 9.28. The van der Waals surface area contributed by atoms with Crippen LogP contribution in [0, 0.1) is 0 Å². The average Bonchev–Trinajstić information content (AvgIpc) is 2.87. The summed E-state index contributed by atoms with van der Waals surface area (Å²) in [6.45, 7) is -0.295. The Balaban J connectivity index is 2.26. The van der Waals surface area contributed by atoms with Crippen molar-refractivity contribution in [3.63, 3.8) is 0 Å². The second kappa shape index (κ2) is 6.39. The van der Waals surface area contributed by atoms with Gasteiger partial charge in [0.2, 0.25) is 0 Å². The van der Waals surface area contributed by atoms with E-state index in [9.17, 15) is 10.2 Å². The van der Waals surface area contributed by atoms with Gasteiger partial charge in [0.05, 0.1) is 13.2 Å². The molecule has 0 fully saturated rings. The monoisotopic (exact) mass is 294 g/mol. The predicted molar refractivity (Wildman–Crippen MR) is 78.8 cm³/mol. The minimum absolute atomic E-state index is 0.148. The van der Waals surface area contributed by atoms with Crippen LogP contribution in [0.4, 0.5) is 0 Å². The van der Waals surface area contributed by atoms with E-state index in [1.807, 2.05) is 31.3 Å². The molecule has 0 spiro atoms. The normalized spacial score (nSPS) is 11.8. The van der Waals surface area contributed by atoms with E-state index in [2.05, 4.69) is 5.10 Å². The molecule has 0 bridgehead atoms. The van der Waals surface area contributed by atoms with Crippen LogP contribution in [0.2, 0.25) is 5.02 Å². The molecule has 0 atom stereocenters. The number of halogens is 1. The van der Waals surface area contributed by atoms with E-state index in [1.54, 1.807) is 16.9 Å². The van der Waals surface area contributed by atoms with Gasteiger partial charge in [0.15, 0.2) is 0 Å². The highest BCUT2D eigenvalue weighted by Crippen LogP contribution is 2.33. The molecule has 20 heavy (non-hydrogen) atoms. The van der Waals surface area contributed by atoms with E-state index in [-0.39, 0.29) is 13.2 Å². The Labute approximate surface area is 123 Å². The third-order valence-electron chi connectivity index (χ3n) is 3.83. The Morgan fingerprint density at radius 2 is 1.90 bits per heavy atom. The van der Waals surface area contributed by atoms with Gasteiger partial charge in [0.25, 0.3) is 0 Å². The summed E-state index contributed by atoms with van der Waals surface area (Å²) in [5, 5.41) is 24.3. The van der Waals surface area contributed by atoms with Gasteiger partial charge in [0, 0.05) is 29.4 Å². The summed E-state index contributed by atoms with van der Waals surface area (Å²) < 4.78 is 1.80. The van der Waals surface area contributed by atoms with E-state index >= 15 is 0 Å². The summed E-state index contributed by atoms with van der Waals surface area (Å²) >= 11 is 6.22. The molecule has 0 radical (unpaired) electrons. The molecule has 0 aliphatic heterocycles. The van der Waals surface area contributed by atoms with Crippen molar-refractivity contribution >= 4 is 11.6 Å². The number of nitrogens with zero attached hydrogens (tertiary/aromatic N) is 2. The van der Waals surface area contributed by atoms with Gasteiger partial charge in [-0.15, -0.1) is 0 Å². The molecular weight excluding hydrogens is 276 g/mol. The van der Waals surface area contributed by atoms with Gasteiger partial charge in [-0.3, -0.25) is 4.68 Å². The first-order chi connectivity index (χ1) is 9.63. The number of aromatic nitrogens is 2. The molecule has 2 rings (SSSR count). The number of aliphatic hydroxyl groups is 2. The predicted octanol–water partition coefficient (Wildman–Crippen LogP) is 1.93. The molecule has 2 N–H and O–H groups in total. The van der Waals surface area contributed by atoms with E-state index in [0.717, 1.165) is 11.3 Å². The summed E-state index contributed by atoms with van der Waals surface area (Å²) in [6.07, 6.45) is 3.05. The van der Waals surface area contributed by atoms with Crippen LogP contribution in [0.15, 0.2) is 36.5 Å². The van der Waals surface area contributed by atoms with E-state index < -0.39 is 5.41 Å². The van der Waals surface area contributed by atoms with Crippen LogP contribution in [-0.4, -0.2) is 33.2 Å². The number of aryl methyl sites for hydroxylation is 2. The van der Waals surface area contributed by atoms with Crippen LogP contribution in [0.1, 0.15) is 17.7 Å². The van der Waals surface area contributed by atoms with Gasteiger partial charge in [-0.1, -0.05) is 29.8 Å². The molecule has 0 aliphatic rings. The quantitative estimate of drug-likeness (QED) is 0.856. The molecule has 1 aromatic carbocycles. The van der Waals surface area contributed by atoms with Crippen molar-refractivity contribution in [2.75, 3.05) is 13.2 Å². The molecule has 1 aromatic heterocycles. The van der Waals surface area contributed by atoms with Gasteiger partial charge >= 0.3 is 0 Å². The molecule has 0 amide bonds. The standard InChI is InChI=1S/C15H19ClN2O2/c1-18-12(7-9-17-18)6-8-15(10-19,11-20)13-4-2-3-5-14(13)16/h2-5,7,9,19-20H,6,8,10-11H2,1H3. The SMILES string of the molecule is Cn1nccc1CCC(CO)(CO)c1ccccc1Cl. The lowest BCUT2D eigenvalue weighted by Gasteiger charge is -2.31. The second-order valence-electron chi connectivity index (χ2n) is 5.02. The number of rotatable bonds is 6. The lowest BCUT2D eigenvalue weighted by molar-refractivity contribution is 0.109. The Hall–Kier alpha value is -1.36. The van der Waals surface area contributed by atoms with Crippen LogP contribution >= 0.6 is 11.6 Å². The molecular formula is C15H19ClN2O2. The molecule has 0 aliphatic carbocycles. The fourth-order valence-corrected chi connectivity index (χ4v) is 2.75. The summed E-state index contributed by atoms with van der Waals surface area (Å²) in [7, 11) is 1.88. The van der Waals surface area contributed by atoms with Gasteiger partial charge in [-0.05, 0) is 30.5 Å². The van der Waals surface area contributed by atoms with Crippen molar-refractivity contribution in [3.8, 4) is 0 Å². The maximum atomic E-state index is 9.81. The van der Waals surface area contributed by atoms with Crippen LogP contribution < -0.4 is 0 Å². The van der Waals surface area contributed by atoms with Crippen LogP contribution in [0.5, 0.6) is 0 Å². The highest BCUT2D eigenvalue weighted by molar-refractivity contribution is 6.31. The van der Waals surface area contributed by atoms with Gasteiger partial charge in [-0.25, -0.2) is 0 Å². The Bertz CT molecular complexity index is 565. The largest absolute Gasteiger partial charge is 0.395 e. The molecule has 5 heteroatoms. The molecule has 2 aromatic rings. The van der Waals surface area contributed by atoms with Crippen molar-refractivity contribution in [2.45, 2.75) is 18.3 Å². The fourth-order valence-electron chi connectivity index (χ4n) is 2.42. The maximum Gasteiger partial charge on any atom is 0.0550 e. The van der Waals surface area contributed by atoms with Gasteiger partial charge < -0.3 is 10.2 Å². The third-order valence-corrected chi connectivity index (χ3v) is 4.16. The molecule has 1 heterocycles. The third kappa shape index (κ3) is 2.87. The summed E-state index contributed by atoms with van der Waals surface area (Å²) in [4.78, 5) is 0. The van der Waals surface area contributed by atoms with Crippen molar-refractivity contribution in [1.29, 1.82) is 0 Å². The lowest BCUT2D eigenvalue weighted by atomic mass is 9.77. The van der Waals surface area contributed by atoms with Crippen molar-refractivity contribution in [3.05, 3.63) is 52.8 Å². The van der Waals surface area contributed by atoms with E-state index in [4.69, 9.17) is 11.6 Å². The number of aliphatic hydroxyl groups excluding tert-OH is 2. The zero-order valence-electron chi connectivity index (χ0n) is 11.5. The van der Waals surface area contributed by atoms with Crippen LogP contribution in [0.3, 0.4) is 0 Å². The zero-order chi connectivity index (χ0) is 14.6. The average molecular weight is 295 g/mol. The molecule has 108 valence electrons. The minimum Gasteiger partial charge on any atom is -0.395 e. The first-order valence-corrected chi connectivity index (χ1v) is 6.94. The molecule has 0 saturated heterocycles. The molecule has 4 nitrogen and oxygen atoms in total. The maximum absolute atomic E-state index is 9.81. The Morgan fingerprint density at radius 1 is 1.20 bits per heavy atom. The van der Waals surface area contributed by atoms with Gasteiger partial charge in [0.1, 0.15) is 0 Å². The first-order valence-electron chi connectivity index (χ1n) is 6.56. The Morgan fingerprint density at radius 3 is 2.45 bits per heavy atom. The highest BCUT2D eigenvalue weighted by atomic mass is 35.5. The molecule has 0 saturated carbocycles. The molecule has 0 unspecified atom stereocenters. The minimum atomic E-state index is -0.734. The summed E-state index contributed by atoms with van der Waals surface area (Å²) in [5.41, 5.74) is 1.11. The van der Waals surface area contributed by atoms with Crippen LogP contribution in [-0.2, 0) is 18.9 Å². The topological polar surface area (TPSA) is 58.3 Å². The summed E-state index contributed by atoms with van der Waals surface area (Å²) in [5.74, 6) is 0. The van der Waals surface area contributed by atoms with E-state index in [1.165, 1.54) is 0 Å². The Kier molecular flexibility index (Phi) is 4.81. The van der Waals surface area contributed by atoms with Crippen molar-refractivity contribution < 1.29 is 10.2 Å². The number of hydrogen-bond acceptors (Lipinski definition) is 3. The lowest BCUT2D eigenvalue weighted by Crippen LogP contribution is -2.36. The van der Waals surface area contributed by atoms with E-state index in [0.29, 0.717) is 17.9 Å². The van der Waals surface area contributed by atoms with Gasteiger partial charge in [-0.2, -0.15) is 5.10 Å². The first kappa shape index (κ1) is 15.0. The van der Waals surface area contributed by atoms with Crippen molar-refractivity contribution in [2.24, 2.45) is 7.05 Å². The van der Waals surface area contributed by atoms with Crippen LogP contribution in [0.25, 0.3) is 0 Å². The second-order valence-corrected chi connectivity index (χ2v) is 5.43. The fraction of sp³-hybridized carbons (Fsp3) is 0.400. The highest BCUT2D eigenvalue weighted by Gasteiger charge is 2.32. The van der Waals surface area contributed by atoms with Crippen molar-refractivity contribution in [1.82, 2.24) is 9.78 Å². The zero-order valence-corrected chi connectivity index (χ0v) is 12.2. The number of hydrogen-bond donors (Lipinski definition) is 2. The smallest absolute Gasteiger partial charge is 0.0550 e.